The molecule has 8 heteroatoms. The topological polar surface area (TPSA) is 91.0 Å². The van der Waals surface area contributed by atoms with Crippen LogP contribution in [0.2, 0.25) is 0 Å². The second-order valence-corrected chi connectivity index (χ2v) is 8.54. The molecule has 0 radical (unpaired) electrons. The van der Waals surface area contributed by atoms with E-state index < -0.39 is 6.17 Å². The zero-order valence-electron chi connectivity index (χ0n) is 18.1. The molecule has 3 aliphatic rings. The molecule has 2 unspecified atom stereocenters. The van der Waals surface area contributed by atoms with Crippen molar-refractivity contribution in [3.8, 4) is 5.75 Å². The fourth-order valence-corrected chi connectivity index (χ4v) is 5.03. The van der Waals surface area contributed by atoms with Gasteiger partial charge in [-0.3, -0.25) is 24.7 Å². The van der Waals surface area contributed by atoms with Crippen molar-refractivity contribution >= 4 is 23.5 Å². The van der Waals surface area contributed by atoms with E-state index in [1.807, 2.05) is 19.1 Å². The van der Waals surface area contributed by atoms with E-state index in [0.29, 0.717) is 18.0 Å². The van der Waals surface area contributed by atoms with Crippen molar-refractivity contribution < 1.29 is 19.1 Å². The summed E-state index contributed by atoms with van der Waals surface area (Å²) in [6.07, 6.45) is 6.10. The lowest BCUT2D eigenvalue weighted by molar-refractivity contribution is -0.145. The zero-order valence-corrected chi connectivity index (χ0v) is 18.1. The summed E-state index contributed by atoms with van der Waals surface area (Å²) in [6.45, 7) is 3.00. The minimum Gasteiger partial charge on any atom is -0.492 e. The van der Waals surface area contributed by atoms with E-state index in [1.54, 1.807) is 17.0 Å². The number of amides is 4. The van der Waals surface area contributed by atoms with Crippen molar-refractivity contribution in [1.29, 1.82) is 0 Å². The van der Waals surface area contributed by atoms with Crippen LogP contribution in [-0.2, 0) is 9.59 Å². The van der Waals surface area contributed by atoms with E-state index in [1.165, 1.54) is 4.90 Å². The Kier molecular flexibility index (Phi) is 6.75. The number of rotatable bonds is 6. The van der Waals surface area contributed by atoms with Crippen molar-refractivity contribution in [2.24, 2.45) is 5.92 Å². The normalized spacial score (nSPS) is 24.7. The number of ether oxygens (including phenoxy) is 1. The van der Waals surface area contributed by atoms with Crippen molar-refractivity contribution in [2.75, 3.05) is 25.0 Å². The molecule has 2 N–H and O–H groups in total. The molecule has 1 saturated carbocycles. The van der Waals surface area contributed by atoms with Gasteiger partial charge in [0.15, 0.2) is 0 Å². The number of nitrogens with one attached hydrogen (secondary N) is 2. The highest BCUT2D eigenvalue weighted by molar-refractivity contribution is 6.02. The van der Waals surface area contributed by atoms with Gasteiger partial charge >= 0.3 is 6.03 Å². The molecule has 4 amide bonds. The number of anilines is 1. The van der Waals surface area contributed by atoms with Crippen molar-refractivity contribution in [1.82, 2.24) is 15.1 Å². The number of fused-ring (bicyclic) bond motifs is 1. The van der Waals surface area contributed by atoms with Crippen LogP contribution in [-0.4, -0.2) is 59.5 Å². The molecular weight excluding hydrogens is 396 g/mol. The van der Waals surface area contributed by atoms with Crippen LogP contribution in [0.5, 0.6) is 5.75 Å². The van der Waals surface area contributed by atoms with Gasteiger partial charge in [0, 0.05) is 6.04 Å². The van der Waals surface area contributed by atoms with Crippen LogP contribution < -0.4 is 15.4 Å². The number of carbonyl (C=O) groups is 3. The second-order valence-electron chi connectivity index (χ2n) is 8.54. The molecule has 2 saturated heterocycles. The average molecular weight is 429 g/mol. The number of carbonyl (C=O) groups excluding carboxylic acids is 3. The Balaban J connectivity index is 1.53. The summed E-state index contributed by atoms with van der Waals surface area (Å²) in [5.74, 6) is -0.0788. The third kappa shape index (κ3) is 4.54. The van der Waals surface area contributed by atoms with Crippen molar-refractivity contribution in [3.05, 3.63) is 24.3 Å². The number of urea groups is 1. The summed E-state index contributed by atoms with van der Waals surface area (Å²) in [4.78, 5) is 42.6. The highest BCUT2D eigenvalue weighted by Gasteiger charge is 2.49. The Morgan fingerprint density at radius 1 is 1.13 bits per heavy atom. The first-order valence-electron chi connectivity index (χ1n) is 11.5. The number of hydrogen-bond donors (Lipinski definition) is 2. The molecule has 4 rings (SSSR count). The molecular formula is C23H32N4O4. The minimum absolute atomic E-state index is 0.0548. The number of hydrogen-bond acceptors (Lipinski definition) is 5. The Hall–Kier alpha value is -2.61. The average Bonchev–Trinajstić information content (AvgIpc) is 2.79. The highest BCUT2D eigenvalue weighted by atomic mass is 16.5. The minimum atomic E-state index is -0.429. The molecule has 8 nitrogen and oxygen atoms in total. The standard InChI is InChI=1S/C23H32N4O4/c1-2-31-19-13-7-6-12-18(19)25-20(28)15-26-21-17(11-8-14-24-21)22(29)27(23(26)30)16-9-4-3-5-10-16/h6-7,12-13,16-17,21,24H,2-5,8-11,14-15H2,1H3,(H,25,28). The summed E-state index contributed by atoms with van der Waals surface area (Å²) >= 11 is 0. The maximum Gasteiger partial charge on any atom is 0.328 e. The zero-order chi connectivity index (χ0) is 21.8. The van der Waals surface area contributed by atoms with Crippen LogP contribution >= 0.6 is 0 Å². The van der Waals surface area contributed by atoms with Crippen molar-refractivity contribution in [2.45, 2.75) is 64.1 Å². The lowest BCUT2D eigenvalue weighted by atomic mass is 9.88. The Morgan fingerprint density at radius 2 is 1.90 bits per heavy atom. The SMILES string of the molecule is CCOc1ccccc1NC(=O)CN1C(=O)N(C2CCCCC2)C(=O)C2CCCNC21. The number of imide groups is 1. The molecule has 0 aromatic heterocycles. The van der Waals surface area contributed by atoms with Gasteiger partial charge in [0.1, 0.15) is 12.3 Å². The number of benzene rings is 1. The summed E-state index contributed by atoms with van der Waals surface area (Å²) in [5.41, 5.74) is 0.576. The Labute approximate surface area is 183 Å². The maximum atomic E-state index is 13.4. The first-order valence-corrected chi connectivity index (χ1v) is 11.5. The quantitative estimate of drug-likeness (QED) is 0.727. The Morgan fingerprint density at radius 3 is 2.68 bits per heavy atom. The van der Waals surface area contributed by atoms with E-state index in [9.17, 15) is 14.4 Å². The number of nitrogens with zero attached hydrogens (tertiary/aromatic N) is 2. The molecule has 2 atom stereocenters. The summed E-state index contributed by atoms with van der Waals surface area (Å²) in [7, 11) is 0. The van der Waals surface area contributed by atoms with Crippen LogP contribution in [0.25, 0.3) is 0 Å². The van der Waals surface area contributed by atoms with Crippen molar-refractivity contribution in [3.63, 3.8) is 0 Å². The molecule has 2 heterocycles. The fraction of sp³-hybridized carbons (Fsp3) is 0.609. The number of piperidine rings is 1. The van der Waals surface area contributed by atoms with E-state index >= 15 is 0 Å². The van der Waals surface area contributed by atoms with Gasteiger partial charge in [0.25, 0.3) is 0 Å². The van der Waals surface area contributed by atoms with E-state index in [4.69, 9.17) is 4.74 Å². The van der Waals surface area contributed by atoms with E-state index in [-0.39, 0.29) is 36.3 Å². The first-order chi connectivity index (χ1) is 15.1. The van der Waals surface area contributed by atoms with Gasteiger partial charge in [0.05, 0.1) is 24.4 Å². The van der Waals surface area contributed by atoms with Crippen LogP contribution in [0.3, 0.4) is 0 Å². The van der Waals surface area contributed by atoms with Crippen LogP contribution in [0.15, 0.2) is 24.3 Å². The van der Waals surface area contributed by atoms with Gasteiger partial charge in [-0.2, -0.15) is 0 Å². The van der Waals surface area contributed by atoms with Crippen LogP contribution in [0.4, 0.5) is 10.5 Å². The van der Waals surface area contributed by atoms with Gasteiger partial charge < -0.3 is 10.1 Å². The molecule has 168 valence electrons. The summed E-state index contributed by atoms with van der Waals surface area (Å²) < 4.78 is 5.58. The molecule has 1 aromatic rings. The first kappa shape index (κ1) is 21.6. The maximum absolute atomic E-state index is 13.4. The predicted molar refractivity (Wildman–Crippen MR) is 117 cm³/mol. The summed E-state index contributed by atoms with van der Waals surface area (Å²) in [6, 6.07) is 6.85. The molecule has 3 fully saturated rings. The smallest absolute Gasteiger partial charge is 0.328 e. The predicted octanol–water partition coefficient (Wildman–Crippen LogP) is 2.95. The lowest BCUT2D eigenvalue weighted by Gasteiger charge is -2.49. The third-order valence-electron chi connectivity index (χ3n) is 6.48. The van der Waals surface area contributed by atoms with Crippen LogP contribution in [0, 0.1) is 5.92 Å². The van der Waals surface area contributed by atoms with Gasteiger partial charge in [-0.15, -0.1) is 0 Å². The Bertz CT molecular complexity index is 824. The number of para-hydroxylation sites is 2. The monoisotopic (exact) mass is 428 g/mol. The largest absolute Gasteiger partial charge is 0.492 e. The summed E-state index contributed by atoms with van der Waals surface area (Å²) in [5, 5.41) is 6.18. The van der Waals surface area contributed by atoms with Gasteiger partial charge in [-0.05, 0) is 51.3 Å². The van der Waals surface area contributed by atoms with Crippen LogP contribution in [0.1, 0.15) is 51.9 Å². The molecule has 31 heavy (non-hydrogen) atoms. The molecule has 1 aliphatic carbocycles. The highest BCUT2D eigenvalue weighted by Crippen LogP contribution is 2.33. The molecule has 1 aromatic carbocycles. The second kappa shape index (κ2) is 9.68. The van der Waals surface area contributed by atoms with Gasteiger partial charge in [0.2, 0.25) is 11.8 Å². The molecule has 0 bridgehead atoms. The van der Waals surface area contributed by atoms with E-state index in [2.05, 4.69) is 10.6 Å². The van der Waals surface area contributed by atoms with Gasteiger partial charge in [-0.25, -0.2) is 4.79 Å². The molecule has 2 aliphatic heterocycles. The van der Waals surface area contributed by atoms with E-state index in [0.717, 1.165) is 51.5 Å². The molecule has 0 spiro atoms. The fourth-order valence-electron chi connectivity index (χ4n) is 5.03. The third-order valence-corrected chi connectivity index (χ3v) is 6.48. The van der Waals surface area contributed by atoms with Gasteiger partial charge in [-0.1, -0.05) is 31.4 Å². The lowest BCUT2D eigenvalue weighted by Crippen LogP contribution is -2.69.